The van der Waals surface area contributed by atoms with E-state index in [9.17, 15) is 9.59 Å². The summed E-state index contributed by atoms with van der Waals surface area (Å²) in [6.07, 6.45) is -1.35. The quantitative estimate of drug-likeness (QED) is 0.0816. The van der Waals surface area contributed by atoms with E-state index in [1.165, 1.54) is 0 Å². The second kappa shape index (κ2) is 23.9. The van der Waals surface area contributed by atoms with Gasteiger partial charge in [0, 0.05) is 6.42 Å². The second-order valence-electron chi connectivity index (χ2n) is 12.1. The molecule has 0 atom stereocenters. The Morgan fingerprint density at radius 2 is 0.784 bits per heavy atom. The van der Waals surface area contributed by atoms with Crippen molar-refractivity contribution in [2.24, 2.45) is 0 Å². The average Bonchev–Trinajstić information content (AvgIpc) is 3.16. The molecule has 4 rings (SSSR count). The number of ether oxygens (including phenoxy) is 6. The highest BCUT2D eigenvalue weighted by Gasteiger charge is 2.21. The highest BCUT2D eigenvalue weighted by molar-refractivity contribution is 5.80. The number of hydrogen-bond acceptors (Lipinski definition) is 8. The Kier molecular flexibility index (Phi) is 18.4. The van der Waals surface area contributed by atoms with Crippen molar-refractivity contribution in [2.75, 3.05) is 39.6 Å². The molecule has 0 aromatic heterocycles. The van der Waals surface area contributed by atoms with E-state index >= 15 is 0 Å². The van der Waals surface area contributed by atoms with Crippen molar-refractivity contribution in [3.8, 4) is 0 Å². The predicted molar refractivity (Wildman–Crippen MR) is 193 cm³/mol. The molecule has 0 unspecified atom stereocenters. The number of nitrogens with one attached hydrogen (secondary N) is 1. The lowest BCUT2D eigenvalue weighted by Gasteiger charge is -2.26. The molecule has 0 saturated carbocycles. The number of carboxylic acid groups (broad SMARTS) is 1. The molecule has 272 valence electrons. The molecule has 4 aromatic rings. The lowest BCUT2D eigenvalue weighted by atomic mass is 10.2. The zero-order valence-corrected chi connectivity index (χ0v) is 29.0. The predicted octanol–water partition coefficient (Wildman–Crippen LogP) is 5.97. The first-order chi connectivity index (χ1) is 25.0. The molecule has 4 aromatic carbocycles. The molecule has 1 amide bonds. The fourth-order valence-corrected chi connectivity index (χ4v) is 4.97. The smallest absolute Gasteiger partial charge is 0.303 e. The number of rotatable bonds is 26. The topological polar surface area (TPSA) is 122 Å². The Balaban J connectivity index is 1.37. The number of amides is 1. The third-order valence-corrected chi connectivity index (χ3v) is 7.66. The second-order valence-corrected chi connectivity index (χ2v) is 12.1. The lowest BCUT2D eigenvalue weighted by Crippen LogP contribution is -2.44. The summed E-state index contributed by atoms with van der Waals surface area (Å²) in [5, 5.41) is 12.0. The van der Waals surface area contributed by atoms with Crippen LogP contribution in [0.15, 0.2) is 121 Å². The molecule has 0 radical (unpaired) electrons. The standard InChI is InChI=1S/C41H49NO9/c43-40(21-22-41(44)45)42-37(27-50-38(29-46-23-33-13-5-1-6-14-33)30-47-24-34-15-7-2-8-16-34)28-51-39(31-48-25-35-17-9-3-10-18-35)32-49-26-36-19-11-4-12-20-36/h1-20,37-39H,21-32H2,(H,42,43)(H,44,45). The highest BCUT2D eigenvalue weighted by Crippen LogP contribution is 2.09. The van der Waals surface area contributed by atoms with Crippen LogP contribution >= 0.6 is 0 Å². The van der Waals surface area contributed by atoms with Crippen LogP contribution in [0, 0.1) is 0 Å². The molecule has 0 heterocycles. The largest absolute Gasteiger partial charge is 0.481 e. The van der Waals surface area contributed by atoms with E-state index in [1.54, 1.807) is 0 Å². The van der Waals surface area contributed by atoms with Gasteiger partial charge in [-0.3, -0.25) is 9.59 Å². The summed E-state index contributed by atoms with van der Waals surface area (Å²) in [4.78, 5) is 23.9. The number of carbonyl (C=O) groups excluding carboxylic acids is 1. The van der Waals surface area contributed by atoms with Gasteiger partial charge in [-0.15, -0.1) is 0 Å². The Hall–Kier alpha value is -4.42. The molecule has 10 heteroatoms. The highest BCUT2D eigenvalue weighted by atomic mass is 16.6. The first-order valence-electron chi connectivity index (χ1n) is 17.2. The van der Waals surface area contributed by atoms with E-state index in [2.05, 4.69) is 5.32 Å². The summed E-state index contributed by atoms with van der Waals surface area (Å²) in [6.45, 7) is 2.82. The van der Waals surface area contributed by atoms with Gasteiger partial charge in [-0.2, -0.15) is 0 Å². The van der Waals surface area contributed by atoms with Gasteiger partial charge < -0.3 is 38.8 Å². The summed E-state index contributed by atoms with van der Waals surface area (Å²) in [7, 11) is 0. The first kappa shape index (κ1) is 39.4. The molecule has 0 fully saturated rings. The van der Waals surface area contributed by atoms with Crippen LogP contribution in [-0.4, -0.2) is 74.9 Å². The zero-order valence-electron chi connectivity index (χ0n) is 29.0. The van der Waals surface area contributed by atoms with E-state index in [0.717, 1.165) is 22.3 Å². The third-order valence-electron chi connectivity index (χ3n) is 7.66. The maximum absolute atomic E-state index is 12.8. The van der Waals surface area contributed by atoms with Gasteiger partial charge in [0.05, 0.1) is 78.5 Å². The van der Waals surface area contributed by atoms with E-state index < -0.39 is 30.1 Å². The van der Waals surface area contributed by atoms with Crippen LogP contribution in [0.1, 0.15) is 35.1 Å². The van der Waals surface area contributed by atoms with Gasteiger partial charge >= 0.3 is 5.97 Å². The third kappa shape index (κ3) is 17.4. The molecule has 0 aliphatic carbocycles. The minimum atomic E-state index is -1.05. The van der Waals surface area contributed by atoms with E-state index in [1.807, 2.05) is 121 Å². The molecule has 0 bridgehead atoms. The van der Waals surface area contributed by atoms with Gasteiger partial charge in [-0.25, -0.2) is 0 Å². The SMILES string of the molecule is O=C(O)CCC(=O)NC(COC(COCc1ccccc1)COCc1ccccc1)COC(COCc1ccccc1)COCc1ccccc1. The fraction of sp³-hybridized carbons (Fsp3) is 0.366. The van der Waals surface area contributed by atoms with Gasteiger partial charge in [-0.05, 0) is 22.3 Å². The van der Waals surface area contributed by atoms with Crippen molar-refractivity contribution in [1.29, 1.82) is 0 Å². The van der Waals surface area contributed by atoms with Crippen LogP contribution in [0.5, 0.6) is 0 Å². The van der Waals surface area contributed by atoms with Crippen LogP contribution in [0.2, 0.25) is 0 Å². The van der Waals surface area contributed by atoms with Gasteiger partial charge in [-0.1, -0.05) is 121 Å². The molecule has 51 heavy (non-hydrogen) atoms. The summed E-state index contributed by atoms with van der Waals surface area (Å²) in [6, 6.07) is 38.8. The van der Waals surface area contributed by atoms with Crippen LogP contribution in [0.4, 0.5) is 0 Å². The Morgan fingerprint density at radius 1 is 0.471 bits per heavy atom. The summed E-state index contributed by atoms with van der Waals surface area (Å²) < 4.78 is 36.6. The first-order valence-corrected chi connectivity index (χ1v) is 17.2. The molecule has 0 aliphatic rings. The summed E-state index contributed by atoms with van der Waals surface area (Å²) >= 11 is 0. The molecule has 2 N–H and O–H groups in total. The Labute approximate surface area is 300 Å². The molecule has 0 aliphatic heterocycles. The maximum atomic E-state index is 12.8. The number of carboxylic acids is 1. The summed E-state index contributed by atoms with van der Waals surface area (Å²) in [5.74, 6) is -1.46. The van der Waals surface area contributed by atoms with Crippen LogP contribution in [0.25, 0.3) is 0 Å². The minimum Gasteiger partial charge on any atom is -0.481 e. The zero-order chi connectivity index (χ0) is 35.8. The Morgan fingerprint density at radius 3 is 1.08 bits per heavy atom. The average molecular weight is 700 g/mol. The molecule has 0 spiro atoms. The van der Waals surface area contributed by atoms with Gasteiger partial charge in [0.25, 0.3) is 0 Å². The number of aliphatic carboxylic acids is 1. The summed E-state index contributed by atoms with van der Waals surface area (Å²) in [5.41, 5.74) is 4.14. The van der Waals surface area contributed by atoms with Gasteiger partial charge in [0.15, 0.2) is 0 Å². The van der Waals surface area contributed by atoms with Crippen LogP contribution in [-0.2, 0) is 64.4 Å². The number of carbonyl (C=O) groups is 2. The fourth-order valence-electron chi connectivity index (χ4n) is 4.97. The lowest BCUT2D eigenvalue weighted by molar-refractivity contribution is -0.139. The van der Waals surface area contributed by atoms with E-state index in [4.69, 9.17) is 33.5 Å². The van der Waals surface area contributed by atoms with Crippen molar-refractivity contribution in [2.45, 2.75) is 57.5 Å². The minimum absolute atomic E-state index is 0.0787. The molecule has 0 saturated heterocycles. The molecule has 10 nitrogen and oxygen atoms in total. The van der Waals surface area contributed by atoms with Crippen molar-refractivity contribution >= 4 is 11.9 Å². The van der Waals surface area contributed by atoms with Crippen molar-refractivity contribution in [1.82, 2.24) is 5.32 Å². The molecular formula is C41H49NO9. The normalized spacial score (nSPS) is 11.4. The number of hydrogen-bond donors (Lipinski definition) is 2. The van der Waals surface area contributed by atoms with Crippen molar-refractivity contribution < 1.29 is 43.1 Å². The number of benzene rings is 4. The van der Waals surface area contributed by atoms with E-state index in [-0.39, 0.29) is 52.5 Å². The van der Waals surface area contributed by atoms with E-state index in [0.29, 0.717) is 26.4 Å². The monoisotopic (exact) mass is 699 g/mol. The van der Waals surface area contributed by atoms with Crippen molar-refractivity contribution in [3.05, 3.63) is 144 Å². The molecular weight excluding hydrogens is 650 g/mol. The Bertz CT molecular complexity index is 1300. The van der Waals surface area contributed by atoms with Gasteiger partial charge in [0.1, 0.15) is 12.2 Å². The van der Waals surface area contributed by atoms with Gasteiger partial charge in [0.2, 0.25) is 5.91 Å². The van der Waals surface area contributed by atoms with Crippen LogP contribution < -0.4 is 5.32 Å². The van der Waals surface area contributed by atoms with Crippen LogP contribution in [0.3, 0.4) is 0 Å². The maximum Gasteiger partial charge on any atom is 0.303 e. The van der Waals surface area contributed by atoms with Crippen molar-refractivity contribution in [3.63, 3.8) is 0 Å².